The molecule has 0 unspecified atom stereocenters. The Kier molecular flexibility index (Phi) is 5.76. The molecule has 0 bridgehead atoms. The van der Waals surface area contributed by atoms with Gasteiger partial charge >= 0.3 is 5.97 Å². The number of para-hydroxylation sites is 1. The average Bonchev–Trinajstić information content (AvgIpc) is 2.80. The number of hydrogen-bond donors (Lipinski definition) is 1. The number of benzene rings is 2. The molecule has 1 amide bonds. The summed E-state index contributed by atoms with van der Waals surface area (Å²) >= 11 is 0. The van der Waals surface area contributed by atoms with Gasteiger partial charge in [0.2, 0.25) is 0 Å². The van der Waals surface area contributed by atoms with E-state index in [1.54, 1.807) is 24.3 Å². The van der Waals surface area contributed by atoms with Gasteiger partial charge in [0.25, 0.3) is 5.91 Å². The molecule has 34 heavy (non-hydrogen) atoms. The third kappa shape index (κ3) is 4.13. The van der Waals surface area contributed by atoms with Crippen molar-refractivity contribution < 1.29 is 28.9 Å². The number of aryl methyl sites for hydroxylation is 1. The van der Waals surface area contributed by atoms with E-state index in [2.05, 4.69) is 39.0 Å². The van der Waals surface area contributed by atoms with Crippen LogP contribution in [0.2, 0.25) is 0 Å². The zero-order valence-corrected chi connectivity index (χ0v) is 19.8. The van der Waals surface area contributed by atoms with Crippen LogP contribution in [0.25, 0.3) is 0 Å². The number of aliphatic carboxylic acids is 1. The molecule has 5 rings (SSSR count). The molecule has 0 spiro atoms. The van der Waals surface area contributed by atoms with Gasteiger partial charge in [-0.05, 0) is 57.4 Å². The molecule has 3 aliphatic rings. The Hall–Kier alpha value is -3.06. The maximum Gasteiger partial charge on any atom is 0.341 e. The van der Waals surface area contributed by atoms with Crippen molar-refractivity contribution in [1.82, 2.24) is 4.90 Å². The predicted molar refractivity (Wildman–Crippen MR) is 125 cm³/mol. The second-order valence-electron chi connectivity index (χ2n) is 10.2. The van der Waals surface area contributed by atoms with E-state index < -0.39 is 12.6 Å². The molecule has 3 aliphatic heterocycles. The van der Waals surface area contributed by atoms with E-state index in [4.69, 9.17) is 19.3 Å². The van der Waals surface area contributed by atoms with Crippen LogP contribution in [-0.2, 0) is 9.53 Å². The number of nitrogens with zero attached hydrogens (tertiary/aromatic N) is 1. The molecule has 2 aromatic rings. The van der Waals surface area contributed by atoms with Crippen molar-refractivity contribution in [3.05, 3.63) is 59.2 Å². The number of carbonyl (C=O) groups is 2. The standard InChI is InChI=1S/C27H31NO6/c1-16-8-9-18-23(12-16)34-27(2,3)20-13-17-14-28(11-10-21(17)33-25(18)20)26(31)19-6-4-5-7-22(19)32-15-24(29)30/h4-9,12,17,20-21,25H,10-11,13-15H2,1-3H3,(H,29,30)/t17-,20+,21+,25-/m1/s1. The zero-order chi connectivity index (χ0) is 24.0. The van der Waals surface area contributed by atoms with Crippen molar-refractivity contribution in [2.24, 2.45) is 11.8 Å². The van der Waals surface area contributed by atoms with Crippen molar-refractivity contribution in [3.8, 4) is 11.5 Å². The highest BCUT2D eigenvalue weighted by Crippen LogP contribution is 2.53. The number of carbonyl (C=O) groups excluding carboxylic acids is 1. The minimum absolute atomic E-state index is 0.00648. The molecule has 1 N–H and O–H groups in total. The zero-order valence-electron chi connectivity index (χ0n) is 19.8. The second-order valence-corrected chi connectivity index (χ2v) is 10.2. The Morgan fingerprint density at radius 1 is 1.21 bits per heavy atom. The van der Waals surface area contributed by atoms with Crippen LogP contribution < -0.4 is 9.47 Å². The molecule has 0 radical (unpaired) electrons. The Morgan fingerprint density at radius 2 is 2.00 bits per heavy atom. The van der Waals surface area contributed by atoms with Crippen molar-refractivity contribution >= 4 is 11.9 Å². The summed E-state index contributed by atoms with van der Waals surface area (Å²) in [6.45, 7) is 7.02. The fourth-order valence-corrected chi connectivity index (χ4v) is 5.68. The van der Waals surface area contributed by atoms with Crippen LogP contribution in [0.5, 0.6) is 11.5 Å². The first-order valence-corrected chi connectivity index (χ1v) is 11.9. The van der Waals surface area contributed by atoms with Crippen LogP contribution in [0.15, 0.2) is 42.5 Å². The van der Waals surface area contributed by atoms with Crippen LogP contribution in [-0.4, -0.2) is 53.3 Å². The normalized spacial score (nSPS) is 27.0. The molecule has 180 valence electrons. The van der Waals surface area contributed by atoms with Crippen LogP contribution in [0.3, 0.4) is 0 Å². The van der Waals surface area contributed by atoms with E-state index >= 15 is 0 Å². The molecule has 3 heterocycles. The molecule has 4 atom stereocenters. The Bertz CT molecular complexity index is 1110. The van der Waals surface area contributed by atoms with Crippen LogP contribution in [0, 0.1) is 18.8 Å². The lowest BCUT2D eigenvalue weighted by atomic mass is 9.70. The largest absolute Gasteiger partial charge is 0.487 e. The number of ether oxygens (including phenoxy) is 3. The van der Waals surface area contributed by atoms with Gasteiger partial charge in [-0.1, -0.05) is 24.3 Å². The summed E-state index contributed by atoms with van der Waals surface area (Å²) in [5, 5.41) is 8.95. The second kappa shape index (κ2) is 8.62. The van der Waals surface area contributed by atoms with Gasteiger partial charge in [-0.15, -0.1) is 0 Å². The van der Waals surface area contributed by atoms with E-state index in [1.165, 1.54) is 5.56 Å². The van der Waals surface area contributed by atoms with Gasteiger partial charge in [0.1, 0.15) is 17.1 Å². The highest BCUT2D eigenvalue weighted by molar-refractivity contribution is 5.97. The quantitative estimate of drug-likeness (QED) is 0.727. The van der Waals surface area contributed by atoms with Gasteiger partial charge in [0, 0.05) is 30.5 Å². The number of hydrogen-bond acceptors (Lipinski definition) is 5. The number of likely N-dealkylation sites (tertiary alicyclic amines) is 1. The van der Waals surface area contributed by atoms with E-state index in [-0.39, 0.29) is 35.6 Å². The van der Waals surface area contributed by atoms with E-state index in [0.717, 1.165) is 24.2 Å². The van der Waals surface area contributed by atoms with Gasteiger partial charge in [-0.2, -0.15) is 0 Å². The Morgan fingerprint density at radius 3 is 2.79 bits per heavy atom. The first-order chi connectivity index (χ1) is 16.2. The Balaban J connectivity index is 1.34. The number of fused-ring (bicyclic) bond motifs is 4. The summed E-state index contributed by atoms with van der Waals surface area (Å²) in [7, 11) is 0. The highest BCUT2D eigenvalue weighted by Gasteiger charge is 2.51. The average molecular weight is 466 g/mol. The molecule has 2 aromatic carbocycles. The monoisotopic (exact) mass is 465 g/mol. The molecule has 7 heteroatoms. The number of amides is 1. The lowest BCUT2D eigenvalue weighted by Gasteiger charge is -2.53. The molecular weight excluding hydrogens is 434 g/mol. The SMILES string of the molecule is Cc1ccc2c(c1)OC(C)(C)[C@H]1C[C@@H]3CN(C(=O)c4ccccc4OCC(=O)O)CC[C@@H]3O[C@H]21. The highest BCUT2D eigenvalue weighted by atomic mass is 16.5. The number of piperidine rings is 1. The lowest BCUT2D eigenvalue weighted by Crippen LogP contribution is -2.56. The molecule has 0 aromatic heterocycles. The minimum Gasteiger partial charge on any atom is -0.487 e. The molecule has 0 saturated carbocycles. The third-order valence-corrected chi connectivity index (χ3v) is 7.41. The van der Waals surface area contributed by atoms with Gasteiger partial charge in [0.05, 0.1) is 17.8 Å². The van der Waals surface area contributed by atoms with Gasteiger partial charge in [-0.3, -0.25) is 4.79 Å². The fourth-order valence-electron chi connectivity index (χ4n) is 5.68. The number of rotatable bonds is 4. The van der Waals surface area contributed by atoms with Gasteiger partial charge in [0.15, 0.2) is 6.61 Å². The van der Waals surface area contributed by atoms with Crippen molar-refractivity contribution in [2.75, 3.05) is 19.7 Å². The number of carboxylic acids is 1. The van der Waals surface area contributed by atoms with E-state index in [1.807, 2.05) is 4.90 Å². The molecule has 2 fully saturated rings. The molecular formula is C27H31NO6. The molecule has 2 saturated heterocycles. The van der Waals surface area contributed by atoms with Crippen LogP contribution in [0.4, 0.5) is 0 Å². The van der Waals surface area contributed by atoms with Crippen molar-refractivity contribution in [3.63, 3.8) is 0 Å². The van der Waals surface area contributed by atoms with Crippen molar-refractivity contribution in [2.45, 2.75) is 51.4 Å². The van der Waals surface area contributed by atoms with E-state index in [9.17, 15) is 9.59 Å². The summed E-state index contributed by atoms with van der Waals surface area (Å²) in [5.41, 5.74) is 2.31. The topological polar surface area (TPSA) is 85.3 Å². The Labute approximate surface area is 199 Å². The van der Waals surface area contributed by atoms with Crippen molar-refractivity contribution in [1.29, 1.82) is 0 Å². The maximum absolute atomic E-state index is 13.4. The van der Waals surface area contributed by atoms with Crippen LogP contribution in [0.1, 0.15) is 54.3 Å². The summed E-state index contributed by atoms with van der Waals surface area (Å²) < 4.78 is 18.5. The molecule has 0 aliphatic carbocycles. The first kappa shape index (κ1) is 22.7. The summed E-state index contributed by atoms with van der Waals surface area (Å²) in [6, 6.07) is 13.2. The van der Waals surface area contributed by atoms with Gasteiger partial charge < -0.3 is 24.2 Å². The smallest absolute Gasteiger partial charge is 0.341 e. The predicted octanol–water partition coefficient (Wildman–Crippen LogP) is 4.24. The third-order valence-electron chi connectivity index (χ3n) is 7.41. The number of carboxylic acid groups (broad SMARTS) is 1. The summed E-state index contributed by atoms with van der Waals surface area (Å²) in [6.07, 6.45) is 1.76. The van der Waals surface area contributed by atoms with Gasteiger partial charge in [-0.25, -0.2) is 4.79 Å². The van der Waals surface area contributed by atoms with E-state index in [0.29, 0.717) is 24.4 Å². The summed E-state index contributed by atoms with van der Waals surface area (Å²) in [5.74, 6) is 0.389. The molecule has 7 nitrogen and oxygen atoms in total. The lowest BCUT2D eigenvalue weighted by molar-refractivity contribution is -0.184. The fraction of sp³-hybridized carbons (Fsp3) is 0.481. The summed E-state index contributed by atoms with van der Waals surface area (Å²) in [4.78, 5) is 26.2. The first-order valence-electron chi connectivity index (χ1n) is 11.9. The minimum atomic E-state index is -1.08. The van der Waals surface area contributed by atoms with Crippen LogP contribution >= 0.6 is 0 Å². The maximum atomic E-state index is 13.4.